The number of thiazole rings is 1. The summed E-state index contributed by atoms with van der Waals surface area (Å²) in [5, 5.41) is 2.28. The van der Waals surface area contributed by atoms with Crippen LogP contribution in [0.1, 0.15) is 23.7 Å². The highest BCUT2D eigenvalue weighted by molar-refractivity contribution is 7.14. The molecule has 6 nitrogen and oxygen atoms in total. The highest BCUT2D eigenvalue weighted by Crippen LogP contribution is 2.35. The molecule has 1 amide bonds. The Hall–Kier alpha value is -3.11. The third-order valence-corrected chi connectivity index (χ3v) is 5.64. The predicted molar refractivity (Wildman–Crippen MR) is 118 cm³/mol. The number of aromatic nitrogens is 1. The molecule has 1 heterocycles. The van der Waals surface area contributed by atoms with Crippen molar-refractivity contribution in [1.29, 1.82) is 0 Å². The Morgan fingerprint density at radius 3 is 2.61 bits per heavy atom. The number of amides is 1. The minimum Gasteiger partial charge on any atom is -0.482 e. The van der Waals surface area contributed by atoms with E-state index in [1.165, 1.54) is 19.1 Å². The highest BCUT2D eigenvalue weighted by Gasteiger charge is 2.31. The van der Waals surface area contributed by atoms with E-state index in [0.717, 1.165) is 33.9 Å². The number of hydrogen-bond donors (Lipinski definition) is 0. The number of carbonyl (C=O) groups is 2. The van der Waals surface area contributed by atoms with Gasteiger partial charge in [0.2, 0.25) is 5.91 Å². The van der Waals surface area contributed by atoms with Crippen LogP contribution in [0.4, 0.5) is 24.0 Å². The number of ether oxygens (including phenoxy) is 2. The average molecular weight is 499 g/mol. The van der Waals surface area contributed by atoms with Crippen molar-refractivity contribution in [2.75, 3.05) is 11.5 Å². The van der Waals surface area contributed by atoms with Gasteiger partial charge in [-0.25, -0.2) is 9.78 Å². The standard InChI is InChI=1S/C22H18ClF3N2O4S/c1-13-8-18(6-7-19(13)23)31-11-20(30)32-10-16-12-33-21(27-16)28(14(2)29)17-5-3-4-15(9-17)22(24,25)26/h3-9,12H,10-11H2,1-2H3. The number of halogens is 4. The smallest absolute Gasteiger partial charge is 0.416 e. The molecular formula is C22H18ClF3N2O4S. The molecule has 0 N–H and O–H groups in total. The SMILES string of the molecule is CC(=O)N(c1cccc(C(F)(F)F)c1)c1nc(COC(=O)COc2ccc(Cl)c(C)c2)cs1. The fraction of sp³-hybridized carbons (Fsp3) is 0.227. The zero-order valence-corrected chi connectivity index (χ0v) is 19.1. The minimum absolute atomic E-state index is 0.0295. The predicted octanol–water partition coefficient (Wildman–Crippen LogP) is 5.93. The molecule has 0 saturated carbocycles. The van der Waals surface area contributed by atoms with Gasteiger partial charge < -0.3 is 9.47 Å². The summed E-state index contributed by atoms with van der Waals surface area (Å²) in [7, 11) is 0. The van der Waals surface area contributed by atoms with E-state index >= 15 is 0 Å². The first-order valence-corrected chi connectivity index (χ1v) is 10.8. The van der Waals surface area contributed by atoms with Gasteiger partial charge in [0.25, 0.3) is 0 Å². The minimum atomic E-state index is -4.55. The Morgan fingerprint density at radius 2 is 1.94 bits per heavy atom. The Morgan fingerprint density at radius 1 is 1.18 bits per heavy atom. The molecule has 0 aliphatic carbocycles. The van der Waals surface area contributed by atoms with Crippen LogP contribution in [0.25, 0.3) is 0 Å². The molecule has 0 aliphatic rings. The van der Waals surface area contributed by atoms with Gasteiger partial charge >= 0.3 is 12.1 Å². The summed E-state index contributed by atoms with van der Waals surface area (Å²) < 4.78 is 49.6. The van der Waals surface area contributed by atoms with Crippen LogP contribution in [-0.4, -0.2) is 23.5 Å². The Bertz CT molecular complexity index is 1170. The van der Waals surface area contributed by atoms with E-state index in [0.29, 0.717) is 16.5 Å². The molecule has 3 aromatic rings. The molecule has 3 rings (SSSR count). The third-order valence-electron chi connectivity index (χ3n) is 4.34. The third kappa shape index (κ3) is 6.45. The molecule has 0 unspecified atom stereocenters. The summed E-state index contributed by atoms with van der Waals surface area (Å²) in [6, 6.07) is 9.35. The number of carbonyl (C=O) groups excluding carboxylic acids is 2. The molecule has 174 valence electrons. The Balaban J connectivity index is 1.63. The number of benzene rings is 2. The summed E-state index contributed by atoms with van der Waals surface area (Å²) in [5.74, 6) is -0.694. The van der Waals surface area contributed by atoms with Crippen LogP contribution in [0.3, 0.4) is 0 Å². The molecule has 0 fully saturated rings. The zero-order valence-electron chi connectivity index (χ0n) is 17.5. The van der Waals surface area contributed by atoms with Crippen molar-refractivity contribution >= 4 is 45.6 Å². The monoisotopic (exact) mass is 498 g/mol. The summed E-state index contributed by atoms with van der Waals surface area (Å²) in [6.07, 6.45) is -4.55. The van der Waals surface area contributed by atoms with Crippen molar-refractivity contribution in [2.24, 2.45) is 0 Å². The van der Waals surface area contributed by atoms with Crippen LogP contribution in [0.15, 0.2) is 47.8 Å². The summed E-state index contributed by atoms with van der Waals surface area (Å²) >= 11 is 6.98. The van der Waals surface area contributed by atoms with Gasteiger partial charge in [-0.05, 0) is 48.9 Å². The quantitative estimate of drug-likeness (QED) is 0.378. The van der Waals surface area contributed by atoms with Gasteiger partial charge in [-0.1, -0.05) is 17.7 Å². The lowest BCUT2D eigenvalue weighted by atomic mass is 10.2. The van der Waals surface area contributed by atoms with Gasteiger partial charge in [-0.15, -0.1) is 11.3 Å². The fourth-order valence-electron chi connectivity index (χ4n) is 2.76. The van der Waals surface area contributed by atoms with E-state index in [1.807, 2.05) is 0 Å². The largest absolute Gasteiger partial charge is 0.482 e. The Labute approximate surface area is 196 Å². The number of rotatable bonds is 7. The average Bonchev–Trinajstić information content (AvgIpc) is 3.21. The molecule has 2 aromatic carbocycles. The first kappa shape index (κ1) is 24.5. The molecular weight excluding hydrogens is 481 g/mol. The fourth-order valence-corrected chi connectivity index (χ4v) is 3.75. The van der Waals surface area contributed by atoms with Gasteiger partial charge in [0.15, 0.2) is 11.7 Å². The topological polar surface area (TPSA) is 68.7 Å². The normalized spacial score (nSPS) is 11.2. The second-order valence-corrected chi connectivity index (χ2v) is 8.13. The maximum Gasteiger partial charge on any atom is 0.416 e. The van der Waals surface area contributed by atoms with Crippen LogP contribution >= 0.6 is 22.9 Å². The second kappa shape index (κ2) is 10.2. The van der Waals surface area contributed by atoms with Gasteiger partial charge in [0.1, 0.15) is 12.4 Å². The molecule has 0 spiro atoms. The first-order chi connectivity index (χ1) is 15.5. The summed E-state index contributed by atoms with van der Waals surface area (Å²) in [4.78, 5) is 29.4. The van der Waals surface area contributed by atoms with E-state index in [-0.39, 0.29) is 24.0 Å². The molecule has 11 heteroatoms. The van der Waals surface area contributed by atoms with Crippen LogP contribution in [0, 0.1) is 6.92 Å². The van der Waals surface area contributed by atoms with Crippen LogP contribution in [0.5, 0.6) is 5.75 Å². The van der Waals surface area contributed by atoms with Crippen molar-refractivity contribution in [1.82, 2.24) is 4.98 Å². The molecule has 0 saturated heterocycles. The van der Waals surface area contributed by atoms with Crippen molar-refractivity contribution in [3.63, 3.8) is 0 Å². The van der Waals surface area contributed by atoms with Crippen molar-refractivity contribution < 1.29 is 32.2 Å². The second-order valence-electron chi connectivity index (χ2n) is 6.88. The van der Waals surface area contributed by atoms with Crippen molar-refractivity contribution in [2.45, 2.75) is 26.6 Å². The van der Waals surface area contributed by atoms with E-state index in [2.05, 4.69) is 4.98 Å². The van der Waals surface area contributed by atoms with Gasteiger partial charge in [0, 0.05) is 17.3 Å². The van der Waals surface area contributed by atoms with Crippen LogP contribution < -0.4 is 9.64 Å². The van der Waals surface area contributed by atoms with Gasteiger partial charge in [0.05, 0.1) is 16.9 Å². The first-order valence-electron chi connectivity index (χ1n) is 9.51. The molecule has 0 atom stereocenters. The van der Waals surface area contributed by atoms with Crippen LogP contribution in [0.2, 0.25) is 5.02 Å². The maximum absolute atomic E-state index is 13.0. The lowest BCUT2D eigenvalue weighted by molar-refractivity contribution is -0.147. The lowest BCUT2D eigenvalue weighted by Crippen LogP contribution is -2.23. The number of anilines is 2. The molecule has 33 heavy (non-hydrogen) atoms. The molecule has 1 aromatic heterocycles. The lowest BCUT2D eigenvalue weighted by Gasteiger charge is -2.19. The van der Waals surface area contributed by atoms with E-state index in [4.69, 9.17) is 21.1 Å². The number of alkyl halides is 3. The summed E-state index contributed by atoms with van der Waals surface area (Å²) in [5.41, 5.74) is 0.284. The summed E-state index contributed by atoms with van der Waals surface area (Å²) in [6.45, 7) is 2.50. The highest BCUT2D eigenvalue weighted by atomic mass is 35.5. The number of esters is 1. The number of nitrogens with zero attached hydrogens (tertiary/aromatic N) is 2. The molecule has 0 aliphatic heterocycles. The van der Waals surface area contributed by atoms with Gasteiger partial charge in [-0.3, -0.25) is 9.69 Å². The maximum atomic E-state index is 13.0. The van der Waals surface area contributed by atoms with Crippen molar-refractivity contribution in [3.05, 3.63) is 69.7 Å². The zero-order chi connectivity index (χ0) is 24.2. The number of hydrogen-bond acceptors (Lipinski definition) is 6. The molecule has 0 bridgehead atoms. The van der Waals surface area contributed by atoms with Gasteiger partial charge in [-0.2, -0.15) is 13.2 Å². The van der Waals surface area contributed by atoms with Crippen molar-refractivity contribution in [3.8, 4) is 5.75 Å². The number of aryl methyl sites for hydroxylation is 1. The van der Waals surface area contributed by atoms with Crippen LogP contribution in [-0.2, 0) is 27.1 Å². The van der Waals surface area contributed by atoms with E-state index in [9.17, 15) is 22.8 Å². The Kier molecular flexibility index (Phi) is 7.60. The van der Waals surface area contributed by atoms with E-state index < -0.39 is 23.6 Å². The molecule has 0 radical (unpaired) electrons. The van der Waals surface area contributed by atoms with E-state index in [1.54, 1.807) is 30.5 Å².